The summed E-state index contributed by atoms with van der Waals surface area (Å²) in [6.07, 6.45) is 1.70. The molecule has 250 valence electrons. The Kier molecular flexibility index (Phi) is 8.21. The van der Waals surface area contributed by atoms with E-state index in [-0.39, 0.29) is 11.2 Å². The number of aromatic hydroxyl groups is 1. The number of rotatable bonds is 6. The van der Waals surface area contributed by atoms with Gasteiger partial charge in [0.05, 0.1) is 17.8 Å². The first-order chi connectivity index (χ1) is 25.2. The molecule has 1 aromatic heterocycles. The number of para-hydroxylation sites is 1. The molecule has 1 heterocycles. The standard InChI is InChI=1S/C47H35N3O2/c1-47(2,3)36-22-25-43(51)35(26-36)29-49-42-15-8-7-13-40(42)46-50-45-41(39-14-9-11-33-10-5-6-12-38(33)39)27-34(28-44(45)52-46)32-18-16-30(17-19-32)31-20-23-37(48-4)24-21-31/h5-29,51H,1-3H3. The van der Waals surface area contributed by atoms with E-state index in [1.165, 1.54) is 0 Å². The van der Waals surface area contributed by atoms with Crippen LogP contribution in [0.3, 0.4) is 0 Å². The SMILES string of the molecule is [C-]#[N+]c1ccc(-c2ccc(-c3cc(-c4cccc5ccccc45)c4nc(-c5ccccc5N=Cc5cc(C(C)(C)C)ccc5O)oc4c3)cc2)cc1. The number of fused-ring (bicyclic) bond motifs is 2. The van der Waals surface area contributed by atoms with Gasteiger partial charge in [-0.1, -0.05) is 130 Å². The zero-order valence-electron chi connectivity index (χ0n) is 29.1. The van der Waals surface area contributed by atoms with E-state index in [1.54, 1.807) is 12.3 Å². The zero-order valence-corrected chi connectivity index (χ0v) is 29.1. The number of hydrogen-bond donors (Lipinski definition) is 1. The van der Waals surface area contributed by atoms with Gasteiger partial charge in [-0.2, -0.15) is 0 Å². The molecule has 0 aliphatic carbocycles. The molecule has 0 amide bonds. The average molecular weight is 674 g/mol. The van der Waals surface area contributed by atoms with Crippen LogP contribution < -0.4 is 0 Å². The molecule has 0 fully saturated rings. The molecule has 0 atom stereocenters. The lowest BCUT2D eigenvalue weighted by Gasteiger charge is -2.19. The van der Waals surface area contributed by atoms with Crippen LogP contribution in [0, 0.1) is 6.57 Å². The molecule has 1 N–H and O–H groups in total. The summed E-state index contributed by atoms with van der Waals surface area (Å²) in [4.78, 5) is 13.5. The van der Waals surface area contributed by atoms with Gasteiger partial charge in [0.25, 0.3) is 0 Å². The van der Waals surface area contributed by atoms with E-state index in [2.05, 4.69) is 104 Å². The lowest BCUT2D eigenvalue weighted by Crippen LogP contribution is -2.11. The van der Waals surface area contributed by atoms with E-state index in [1.807, 2.05) is 60.7 Å². The van der Waals surface area contributed by atoms with Gasteiger partial charge < -0.3 is 9.52 Å². The third-order valence-electron chi connectivity index (χ3n) is 9.49. The highest BCUT2D eigenvalue weighted by Gasteiger charge is 2.19. The second-order valence-electron chi connectivity index (χ2n) is 14.0. The molecule has 0 radical (unpaired) electrons. The highest BCUT2D eigenvalue weighted by molar-refractivity contribution is 6.05. The summed E-state index contributed by atoms with van der Waals surface area (Å²) in [6, 6.07) is 48.6. The van der Waals surface area contributed by atoms with Crippen LogP contribution in [-0.4, -0.2) is 16.3 Å². The van der Waals surface area contributed by atoms with Crippen LogP contribution in [0.1, 0.15) is 31.9 Å². The van der Waals surface area contributed by atoms with Crippen LogP contribution in [0.25, 0.3) is 71.6 Å². The number of benzene rings is 7. The van der Waals surface area contributed by atoms with Crippen LogP contribution in [-0.2, 0) is 5.41 Å². The maximum absolute atomic E-state index is 10.7. The average Bonchev–Trinajstić information content (AvgIpc) is 3.61. The number of aliphatic imine (C=N–C) groups is 1. The van der Waals surface area contributed by atoms with E-state index in [4.69, 9.17) is 21.0 Å². The predicted octanol–water partition coefficient (Wildman–Crippen LogP) is 13.0. The molecule has 0 saturated carbocycles. The van der Waals surface area contributed by atoms with Crippen LogP contribution in [0.15, 0.2) is 155 Å². The van der Waals surface area contributed by atoms with Gasteiger partial charge in [0.15, 0.2) is 11.3 Å². The Bertz CT molecular complexity index is 2670. The molecule has 5 heteroatoms. The minimum Gasteiger partial charge on any atom is -0.507 e. The van der Waals surface area contributed by atoms with Gasteiger partial charge >= 0.3 is 0 Å². The Morgan fingerprint density at radius 3 is 2.08 bits per heavy atom. The van der Waals surface area contributed by atoms with Crippen LogP contribution >= 0.6 is 0 Å². The van der Waals surface area contributed by atoms with E-state index >= 15 is 0 Å². The Hall–Kier alpha value is -6.77. The molecule has 0 saturated heterocycles. The molecule has 0 aliphatic rings. The number of nitrogens with zero attached hydrogens (tertiary/aromatic N) is 3. The monoisotopic (exact) mass is 673 g/mol. The molecular weight excluding hydrogens is 639 g/mol. The number of oxazole rings is 1. The lowest BCUT2D eigenvalue weighted by molar-refractivity contribution is 0.473. The van der Waals surface area contributed by atoms with Crippen molar-refractivity contribution in [1.82, 2.24) is 4.98 Å². The largest absolute Gasteiger partial charge is 0.507 e. The molecule has 8 rings (SSSR count). The number of phenols is 1. The summed E-state index contributed by atoms with van der Waals surface area (Å²) in [6.45, 7) is 13.7. The molecule has 8 aromatic rings. The fourth-order valence-corrected chi connectivity index (χ4v) is 6.59. The van der Waals surface area contributed by atoms with Gasteiger partial charge in [-0.15, -0.1) is 0 Å². The molecule has 0 bridgehead atoms. The van der Waals surface area contributed by atoms with Crippen molar-refractivity contribution in [1.29, 1.82) is 0 Å². The Labute approximate surface area is 303 Å². The second kappa shape index (κ2) is 13.2. The fraction of sp³-hybridized carbons (Fsp3) is 0.0851. The Balaban J connectivity index is 1.25. The van der Waals surface area contributed by atoms with E-state index in [9.17, 15) is 5.11 Å². The van der Waals surface area contributed by atoms with Crippen molar-refractivity contribution in [2.24, 2.45) is 4.99 Å². The van der Waals surface area contributed by atoms with Gasteiger partial charge in [-0.25, -0.2) is 9.83 Å². The topological polar surface area (TPSA) is 63.0 Å². The highest BCUT2D eigenvalue weighted by Crippen LogP contribution is 2.41. The van der Waals surface area contributed by atoms with Crippen molar-refractivity contribution in [2.45, 2.75) is 26.2 Å². The maximum atomic E-state index is 10.7. The Morgan fingerprint density at radius 2 is 1.33 bits per heavy atom. The number of hydrogen-bond acceptors (Lipinski definition) is 4. The smallest absolute Gasteiger partial charge is 0.229 e. The molecule has 0 aliphatic heterocycles. The van der Waals surface area contributed by atoms with Crippen molar-refractivity contribution in [2.75, 3.05) is 0 Å². The van der Waals surface area contributed by atoms with Crippen molar-refractivity contribution in [3.63, 3.8) is 0 Å². The molecular formula is C47H35N3O2. The van der Waals surface area contributed by atoms with Crippen LogP contribution in [0.5, 0.6) is 5.75 Å². The van der Waals surface area contributed by atoms with Crippen molar-refractivity contribution in [3.05, 3.63) is 168 Å². The normalized spacial score (nSPS) is 11.7. The van der Waals surface area contributed by atoms with Crippen molar-refractivity contribution in [3.8, 4) is 50.6 Å². The van der Waals surface area contributed by atoms with E-state index < -0.39 is 0 Å². The number of phenolic OH excluding ortho intramolecular Hbond substituents is 1. The highest BCUT2D eigenvalue weighted by atomic mass is 16.3. The van der Waals surface area contributed by atoms with Gasteiger partial charge in [-0.05, 0) is 86.0 Å². The Morgan fingerprint density at radius 1 is 0.673 bits per heavy atom. The minimum atomic E-state index is -0.0685. The van der Waals surface area contributed by atoms with Gasteiger partial charge in [-0.3, -0.25) is 4.99 Å². The van der Waals surface area contributed by atoms with Gasteiger partial charge in [0.1, 0.15) is 11.3 Å². The third-order valence-corrected chi connectivity index (χ3v) is 9.49. The van der Waals surface area contributed by atoms with Gasteiger partial charge in [0, 0.05) is 17.3 Å². The van der Waals surface area contributed by atoms with Gasteiger partial charge in [0.2, 0.25) is 5.89 Å². The molecule has 0 unspecified atom stereocenters. The maximum Gasteiger partial charge on any atom is 0.229 e. The van der Waals surface area contributed by atoms with E-state index in [0.717, 1.165) is 60.8 Å². The molecule has 5 nitrogen and oxygen atoms in total. The van der Waals surface area contributed by atoms with E-state index in [0.29, 0.717) is 28.4 Å². The van der Waals surface area contributed by atoms with Crippen molar-refractivity contribution < 1.29 is 9.52 Å². The summed E-state index contributed by atoms with van der Waals surface area (Å²) in [7, 11) is 0. The van der Waals surface area contributed by atoms with Crippen molar-refractivity contribution >= 4 is 39.5 Å². The first kappa shape index (κ1) is 32.4. The van der Waals surface area contributed by atoms with Crippen LogP contribution in [0.4, 0.5) is 11.4 Å². The molecule has 0 spiro atoms. The summed E-state index contributed by atoms with van der Waals surface area (Å²) in [5.74, 6) is 0.640. The quantitative estimate of drug-likeness (QED) is 0.141. The third kappa shape index (κ3) is 6.23. The lowest BCUT2D eigenvalue weighted by atomic mass is 9.86. The molecule has 7 aromatic carbocycles. The fourth-order valence-electron chi connectivity index (χ4n) is 6.59. The number of aromatic nitrogens is 1. The minimum absolute atomic E-state index is 0.0685. The summed E-state index contributed by atoms with van der Waals surface area (Å²) in [5, 5.41) is 12.9. The first-order valence-electron chi connectivity index (χ1n) is 17.2. The zero-order chi connectivity index (χ0) is 35.8. The second-order valence-corrected chi connectivity index (χ2v) is 14.0. The summed E-state index contributed by atoms with van der Waals surface area (Å²) >= 11 is 0. The summed E-state index contributed by atoms with van der Waals surface area (Å²) in [5.41, 5.74) is 11.4. The first-order valence-corrected chi connectivity index (χ1v) is 17.2. The summed E-state index contributed by atoms with van der Waals surface area (Å²) < 4.78 is 6.63. The van der Waals surface area contributed by atoms with Crippen LogP contribution in [0.2, 0.25) is 0 Å². The predicted molar refractivity (Wildman–Crippen MR) is 214 cm³/mol. The molecule has 52 heavy (non-hydrogen) atoms.